The van der Waals surface area contributed by atoms with Crippen LogP contribution < -0.4 is 10.6 Å². The summed E-state index contributed by atoms with van der Waals surface area (Å²) in [5.41, 5.74) is 5.60. The van der Waals surface area contributed by atoms with Crippen molar-refractivity contribution in [3.8, 4) is 0 Å². The van der Waals surface area contributed by atoms with Crippen LogP contribution in [0.4, 0.5) is 23.1 Å². The molecule has 0 aliphatic rings. The van der Waals surface area contributed by atoms with E-state index in [2.05, 4.69) is 36.6 Å². The molecule has 0 saturated carbocycles. The summed E-state index contributed by atoms with van der Waals surface area (Å²) in [6.45, 7) is 0. The van der Waals surface area contributed by atoms with Crippen LogP contribution >= 0.6 is 11.3 Å². The lowest BCUT2D eigenvalue weighted by atomic mass is 10.2. The minimum absolute atomic E-state index is 0.526. The first-order valence-electron chi connectivity index (χ1n) is 8.39. The third-order valence-electron chi connectivity index (χ3n) is 4.11. The second kappa shape index (κ2) is 6.62. The zero-order valence-corrected chi connectivity index (χ0v) is 14.9. The van der Waals surface area contributed by atoms with Crippen molar-refractivity contribution in [2.45, 2.75) is 0 Å². The molecule has 0 spiro atoms. The Labute approximate surface area is 159 Å². The van der Waals surface area contributed by atoms with E-state index in [0.29, 0.717) is 11.8 Å². The lowest BCUT2D eigenvalue weighted by Crippen LogP contribution is -2.00. The average Bonchev–Trinajstić information content (AvgIpc) is 3.16. The highest BCUT2D eigenvalue weighted by Crippen LogP contribution is 2.24. The van der Waals surface area contributed by atoms with Gasteiger partial charge in [-0.05, 0) is 36.4 Å². The first kappa shape index (κ1) is 15.7. The molecule has 3 heterocycles. The van der Waals surface area contributed by atoms with E-state index in [0.717, 1.165) is 32.5 Å². The number of aromatic nitrogens is 4. The zero-order chi connectivity index (χ0) is 18.1. The summed E-state index contributed by atoms with van der Waals surface area (Å²) in [5.74, 6) is 1.22. The van der Waals surface area contributed by atoms with Gasteiger partial charge in [0, 0.05) is 17.3 Å². The van der Waals surface area contributed by atoms with Crippen LogP contribution in [0.5, 0.6) is 0 Å². The normalized spacial score (nSPS) is 11.0. The van der Waals surface area contributed by atoms with Crippen molar-refractivity contribution in [2.24, 2.45) is 0 Å². The molecule has 0 unspecified atom stereocenters. The molecule has 0 aliphatic carbocycles. The highest BCUT2D eigenvalue weighted by atomic mass is 32.1. The van der Waals surface area contributed by atoms with Gasteiger partial charge in [0.1, 0.15) is 5.82 Å². The molecule has 27 heavy (non-hydrogen) atoms. The van der Waals surface area contributed by atoms with Gasteiger partial charge in [0.25, 0.3) is 0 Å². The van der Waals surface area contributed by atoms with Gasteiger partial charge in [-0.1, -0.05) is 18.2 Å². The van der Waals surface area contributed by atoms with Gasteiger partial charge in [-0.3, -0.25) is 4.98 Å². The van der Waals surface area contributed by atoms with E-state index in [9.17, 15) is 0 Å². The van der Waals surface area contributed by atoms with Gasteiger partial charge < -0.3 is 10.6 Å². The Bertz CT molecular complexity index is 1250. The number of thiazole rings is 1. The highest BCUT2D eigenvalue weighted by molar-refractivity contribution is 7.16. The van der Waals surface area contributed by atoms with Gasteiger partial charge in [0.05, 0.1) is 33.1 Å². The second-order valence-electron chi connectivity index (χ2n) is 5.97. The molecule has 3 aromatic heterocycles. The molecule has 2 aromatic carbocycles. The van der Waals surface area contributed by atoms with Crippen molar-refractivity contribution in [3.63, 3.8) is 0 Å². The number of pyridine rings is 1. The van der Waals surface area contributed by atoms with E-state index in [1.54, 1.807) is 23.7 Å². The standard InChI is InChI=1S/C20H14N6S/c1-2-4-16-13(3-1)9-15(11-22-16)24-19-7-8-21-20(26-19)25-14-5-6-17-18(10-14)27-12-23-17/h1-12H,(H2,21,24,25,26). The van der Waals surface area contributed by atoms with E-state index in [1.807, 2.05) is 54.0 Å². The quantitative estimate of drug-likeness (QED) is 0.457. The maximum atomic E-state index is 4.54. The zero-order valence-electron chi connectivity index (χ0n) is 14.1. The summed E-state index contributed by atoms with van der Waals surface area (Å²) >= 11 is 1.61. The Morgan fingerprint density at radius 3 is 2.74 bits per heavy atom. The minimum atomic E-state index is 0.526. The summed E-state index contributed by atoms with van der Waals surface area (Å²) in [4.78, 5) is 17.6. The van der Waals surface area contributed by atoms with E-state index in [4.69, 9.17) is 0 Å². The van der Waals surface area contributed by atoms with Crippen molar-refractivity contribution in [1.82, 2.24) is 19.9 Å². The predicted molar refractivity (Wildman–Crippen MR) is 110 cm³/mol. The van der Waals surface area contributed by atoms with E-state index < -0.39 is 0 Å². The van der Waals surface area contributed by atoms with Crippen LogP contribution in [0, 0.1) is 0 Å². The molecule has 0 bridgehead atoms. The first-order chi connectivity index (χ1) is 13.3. The van der Waals surface area contributed by atoms with Gasteiger partial charge in [0.2, 0.25) is 5.95 Å². The molecule has 0 aliphatic heterocycles. The third-order valence-corrected chi connectivity index (χ3v) is 4.90. The number of fused-ring (bicyclic) bond motifs is 2. The largest absolute Gasteiger partial charge is 0.339 e. The molecule has 0 atom stereocenters. The summed E-state index contributed by atoms with van der Waals surface area (Å²) in [7, 11) is 0. The van der Waals surface area contributed by atoms with Crippen LogP contribution in [-0.2, 0) is 0 Å². The van der Waals surface area contributed by atoms with Crippen LogP contribution in [-0.4, -0.2) is 19.9 Å². The number of anilines is 4. The van der Waals surface area contributed by atoms with Gasteiger partial charge in [-0.25, -0.2) is 9.97 Å². The number of para-hydroxylation sites is 1. The molecule has 7 heteroatoms. The second-order valence-corrected chi connectivity index (χ2v) is 6.85. The highest BCUT2D eigenvalue weighted by Gasteiger charge is 2.04. The topological polar surface area (TPSA) is 75.6 Å². The summed E-state index contributed by atoms with van der Waals surface area (Å²) in [5, 5.41) is 7.61. The maximum absolute atomic E-state index is 4.54. The van der Waals surface area contributed by atoms with E-state index in [1.165, 1.54) is 0 Å². The van der Waals surface area contributed by atoms with Crippen molar-refractivity contribution in [2.75, 3.05) is 10.6 Å². The van der Waals surface area contributed by atoms with Gasteiger partial charge in [0.15, 0.2) is 0 Å². The number of hydrogen-bond donors (Lipinski definition) is 2. The molecule has 5 rings (SSSR count). The number of hydrogen-bond acceptors (Lipinski definition) is 7. The van der Waals surface area contributed by atoms with Crippen molar-refractivity contribution in [3.05, 3.63) is 72.5 Å². The molecule has 0 fully saturated rings. The average molecular weight is 370 g/mol. The SMILES string of the molecule is c1ccc2ncc(Nc3ccnc(Nc4ccc5ncsc5c4)n3)cc2c1. The first-order valence-corrected chi connectivity index (χ1v) is 9.27. The monoisotopic (exact) mass is 370 g/mol. The fourth-order valence-electron chi connectivity index (χ4n) is 2.84. The van der Waals surface area contributed by atoms with Crippen molar-refractivity contribution in [1.29, 1.82) is 0 Å². The minimum Gasteiger partial charge on any atom is -0.339 e. The lowest BCUT2D eigenvalue weighted by Gasteiger charge is -2.09. The van der Waals surface area contributed by atoms with E-state index in [-0.39, 0.29) is 0 Å². The van der Waals surface area contributed by atoms with Crippen LogP contribution in [0.2, 0.25) is 0 Å². The fraction of sp³-hybridized carbons (Fsp3) is 0. The van der Waals surface area contributed by atoms with Crippen LogP contribution in [0.25, 0.3) is 21.1 Å². The van der Waals surface area contributed by atoms with Gasteiger partial charge in [-0.2, -0.15) is 4.98 Å². The molecule has 0 saturated heterocycles. The predicted octanol–water partition coefficient (Wildman–Crippen LogP) is 5.12. The molecule has 130 valence electrons. The van der Waals surface area contributed by atoms with Gasteiger partial charge in [-0.15, -0.1) is 11.3 Å². The summed E-state index contributed by atoms with van der Waals surface area (Å²) < 4.78 is 1.12. The molecule has 2 N–H and O–H groups in total. The molecule has 0 amide bonds. The number of benzene rings is 2. The number of nitrogens with zero attached hydrogens (tertiary/aromatic N) is 4. The Hall–Kier alpha value is -3.58. The molecule has 5 aromatic rings. The smallest absolute Gasteiger partial charge is 0.229 e. The lowest BCUT2D eigenvalue weighted by molar-refractivity contribution is 1.16. The van der Waals surface area contributed by atoms with Crippen LogP contribution in [0.15, 0.2) is 72.5 Å². The fourth-order valence-corrected chi connectivity index (χ4v) is 3.55. The van der Waals surface area contributed by atoms with Crippen LogP contribution in [0.1, 0.15) is 0 Å². The Kier molecular flexibility index (Phi) is 3.84. The van der Waals surface area contributed by atoms with Crippen molar-refractivity contribution >= 4 is 55.6 Å². The van der Waals surface area contributed by atoms with E-state index >= 15 is 0 Å². The van der Waals surface area contributed by atoms with Crippen LogP contribution in [0.3, 0.4) is 0 Å². The Morgan fingerprint density at radius 2 is 1.74 bits per heavy atom. The maximum Gasteiger partial charge on any atom is 0.229 e. The summed E-state index contributed by atoms with van der Waals surface area (Å²) in [6.07, 6.45) is 3.52. The Morgan fingerprint density at radius 1 is 0.778 bits per heavy atom. The van der Waals surface area contributed by atoms with Gasteiger partial charge >= 0.3 is 0 Å². The van der Waals surface area contributed by atoms with Crippen molar-refractivity contribution < 1.29 is 0 Å². The molecular weight excluding hydrogens is 356 g/mol. The molecule has 0 radical (unpaired) electrons. The summed E-state index contributed by atoms with van der Waals surface area (Å²) in [6, 6.07) is 17.9. The Balaban J connectivity index is 1.39. The third kappa shape index (κ3) is 3.28. The number of rotatable bonds is 4. The number of nitrogens with one attached hydrogen (secondary N) is 2. The molecule has 6 nitrogen and oxygen atoms in total. The molecular formula is C20H14N6S.